The van der Waals surface area contributed by atoms with Crippen LogP contribution >= 0.6 is 24.0 Å². The van der Waals surface area contributed by atoms with E-state index in [1.807, 2.05) is 12.1 Å². The number of nitrogens with one attached hydrogen (secondary N) is 2. The van der Waals surface area contributed by atoms with E-state index in [0.29, 0.717) is 36.7 Å². The maximum atomic E-state index is 13.4. The van der Waals surface area contributed by atoms with Crippen molar-refractivity contribution < 1.29 is 18.6 Å². The van der Waals surface area contributed by atoms with Crippen LogP contribution in [0.5, 0.6) is 11.6 Å². The lowest BCUT2D eigenvalue weighted by Gasteiger charge is -2.14. The van der Waals surface area contributed by atoms with Gasteiger partial charge in [-0.05, 0) is 31.0 Å². The van der Waals surface area contributed by atoms with Crippen LogP contribution in [0, 0.1) is 11.7 Å². The highest BCUT2D eigenvalue weighted by Gasteiger charge is 2.15. The molecule has 1 aromatic heterocycles. The van der Waals surface area contributed by atoms with Crippen LogP contribution in [0.1, 0.15) is 18.4 Å². The lowest BCUT2D eigenvalue weighted by molar-refractivity contribution is 0.0888. The van der Waals surface area contributed by atoms with Gasteiger partial charge in [0.25, 0.3) is 0 Å². The fourth-order valence-electron chi connectivity index (χ4n) is 3.04. The van der Waals surface area contributed by atoms with Gasteiger partial charge in [-0.25, -0.2) is 9.37 Å². The van der Waals surface area contributed by atoms with Crippen LogP contribution in [-0.4, -0.2) is 51.0 Å². The minimum absolute atomic E-state index is 0. The number of hydrogen-bond donors (Lipinski definition) is 2. The van der Waals surface area contributed by atoms with Crippen LogP contribution in [0.25, 0.3) is 0 Å². The molecule has 0 radical (unpaired) electrons. The molecule has 9 heteroatoms. The molecule has 1 unspecified atom stereocenters. The molecule has 7 nitrogen and oxygen atoms in total. The summed E-state index contributed by atoms with van der Waals surface area (Å²) < 4.78 is 30.2. The zero-order valence-electron chi connectivity index (χ0n) is 17.7. The second-order valence-electron chi connectivity index (χ2n) is 7.04. The van der Waals surface area contributed by atoms with Gasteiger partial charge < -0.3 is 24.8 Å². The molecule has 2 heterocycles. The van der Waals surface area contributed by atoms with E-state index in [4.69, 9.17) is 14.2 Å². The molecular formula is C22H30FIN4O3. The molecule has 1 saturated heterocycles. The van der Waals surface area contributed by atoms with Gasteiger partial charge in [0.2, 0.25) is 5.88 Å². The monoisotopic (exact) mass is 544 g/mol. The van der Waals surface area contributed by atoms with Crippen molar-refractivity contribution in [2.75, 3.05) is 40.0 Å². The highest BCUT2D eigenvalue weighted by molar-refractivity contribution is 14.0. The van der Waals surface area contributed by atoms with E-state index < -0.39 is 0 Å². The maximum Gasteiger partial charge on any atom is 0.224 e. The number of nitrogens with zero attached hydrogens (tertiary/aromatic N) is 2. The lowest BCUT2D eigenvalue weighted by Crippen LogP contribution is -2.37. The maximum absolute atomic E-state index is 13.4. The van der Waals surface area contributed by atoms with Crippen molar-refractivity contribution in [1.82, 2.24) is 15.6 Å². The van der Waals surface area contributed by atoms with Crippen LogP contribution in [0.15, 0.2) is 47.6 Å². The third-order valence-electron chi connectivity index (χ3n) is 4.67. The normalized spacial score (nSPS) is 15.9. The third kappa shape index (κ3) is 8.96. The number of benzene rings is 1. The van der Waals surface area contributed by atoms with E-state index in [2.05, 4.69) is 20.6 Å². The Balaban J connectivity index is 0.00000341. The standard InChI is InChI=1S/C22H29FN4O3.HI/c1-24-22(26-10-4-11-28-15-17-8-12-29-16-17)27-14-18-5-3-9-25-21(18)30-20-7-2-6-19(23)13-20;/h2-3,5-7,9,13,17H,4,8,10-12,14-16H2,1H3,(H2,24,26,27);1H. The molecule has 2 N–H and O–H groups in total. The Morgan fingerprint density at radius 1 is 1.29 bits per heavy atom. The molecule has 1 atom stereocenters. The van der Waals surface area contributed by atoms with E-state index in [1.54, 1.807) is 25.4 Å². The van der Waals surface area contributed by atoms with Crippen molar-refractivity contribution in [3.05, 3.63) is 54.0 Å². The Morgan fingerprint density at radius 2 is 2.19 bits per heavy atom. The first-order valence-corrected chi connectivity index (χ1v) is 10.2. The Labute approximate surface area is 199 Å². The van der Waals surface area contributed by atoms with Crippen LogP contribution in [0.2, 0.25) is 0 Å². The first-order valence-electron chi connectivity index (χ1n) is 10.2. The largest absolute Gasteiger partial charge is 0.439 e. The van der Waals surface area contributed by atoms with Gasteiger partial charge in [0.1, 0.15) is 11.6 Å². The van der Waals surface area contributed by atoms with Gasteiger partial charge in [-0.2, -0.15) is 0 Å². The molecule has 0 amide bonds. The molecule has 2 aromatic rings. The predicted octanol–water partition coefficient (Wildman–Crippen LogP) is 3.74. The topological polar surface area (TPSA) is 77.0 Å². The number of halogens is 2. The molecule has 170 valence electrons. The van der Waals surface area contributed by atoms with E-state index in [0.717, 1.165) is 44.8 Å². The second-order valence-corrected chi connectivity index (χ2v) is 7.04. The minimum Gasteiger partial charge on any atom is -0.439 e. The average Bonchev–Trinajstić information content (AvgIpc) is 3.27. The molecule has 0 spiro atoms. The van der Waals surface area contributed by atoms with Gasteiger partial charge in [0.15, 0.2) is 5.96 Å². The molecule has 0 bridgehead atoms. The molecule has 1 aromatic carbocycles. The Kier molecular flexibility index (Phi) is 11.5. The summed E-state index contributed by atoms with van der Waals surface area (Å²) >= 11 is 0. The van der Waals surface area contributed by atoms with E-state index in [1.165, 1.54) is 12.1 Å². The number of guanidine groups is 1. The summed E-state index contributed by atoms with van der Waals surface area (Å²) in [6, 6.07) is 9.73. The molecule has 0 aliphatic carbocycles. The summed E-state index contributed by atoms with van der Waals surface area (Å²) in [6.45, 7) is 4.35. The van der Waals surface area contributed by atoms with E-state index >= 15 is 0 Å². The first kappa shape index (κ1) is 25.3. The fraction of sp³-hybridized carbons (Fsp3) is 0.455. The van der Waals surface area contributed by atoms with E-state index in [9.17, 15) is 4.39 Å². The lowest BCUT2D eigenvalue weighted by atomic mass is 10.1. The summed E-state index contributed by atoms with van der Waals surface area (Å²) in [7, 11) is 1.72. The number of aromatic nitrogens is 1. The van der Waals surface area contributed by atoms with Gasteiger partial charge in [-0.1, -0.05) is 12.1 Å². The number of ether oxygens (including phenoxy) is 3. The highest BCUT2D eigenvalue weighted by atomic mass is 127. The predicted molar refractivity (Wildman–Crippen MR) is 129 cm³/mol. The number of rotatable bonds is 10. The number of hydrogen-bond acceptors (Lipinski definition) is 5. The van der Waals surface area contributed by atoms with Crippen molar-refractivity contribution in [2.45, 2.75) is 19.4 Å². The zero-order valence-corrected chi connectivity index (χ0v) is 20.0. The van der Waals surface area contributed by atoms with Crippen molar-refractivity contribution in [1.29, 1.82) is 0 Å². The summed E-state index contributed by atoms with van der Waals surface area (Å²) in [5, 5.41) is 6.51. The van der Waals surface area contributed by atoms with Gasteiger partial charge >= 0.3 is 0 Å². The van der Waals surface area contributed by atoms with Crippen LogP contribution in [0.3, 0.4) is 0 Å². The number of aliphatic imine (C=N–C) groups is 1. The first-order chi connectivity index (χ1) is 14.7. The molecule has 1 fully saturated rings. The fourth-order valence-corrected chi connectivity index (χ4v) is 3.04. The Hall–Kier alpha value is -1.98. The van der Waals surface area contributed by atoms with Gasteiger partial charge in [0, 0.05) is 57.1 Å². The zero-order chi connectivity index (χ0) is 21.0. The quantitative estimate of drug-likeness (QED) is 0.206. The van der Waals surface area contributed by atoms with Crippen LogP contribution in [0.4, 0.5) is 4.39 Å². The molecule has 31 heavy (non-hydrogen) atoms. The van der Waals surface area contributed by atoms with Crippen molar-refractivity contribution in [3.8, 4) is 11.6 Å². The van der Waals surface area contributed by atoms with Gasteiger partial charge in [-0.15, -0.1) is 24.0 Å². The van der Waals surface area contributed by atoms with Crippen LogP contribution in [-0.2, 0) is 16.0 Å². The van der Waals surface area contributed by atoms with Crippen molar-refractivity contribution >= 4 is 29.9 Å². The number of pyridine rings is 1. The Morgan fingerprint density at radius 3 is 2.97 bits per heavy atom. The van der Waals surface area contributed by atoms with Crippen LogP contribution < -0.4 is 15.4 Å². The molecule has 1 aliphatic rings. The highest BCUT2D eigenvalue weighted by Crippen LogP contribution is 2.23. The second kappa shape index (κ2) is 14.2. The molecular weight excluding hydrogens is 514 g/mol. The SMILES string of the molecule is CN=C(NCCCOCC1CCOC1)NCc1cccnc1Oc1cccc(F)c1.I. The van der Waals surface area contributed by atoms with Gasteiger partial charge in [0.05, 0.1) is 13.2 Å². The molecule has 1 aliphatic heterocycles. The van der Waals surface area contributed by atoms with E-state index in [-0.39, 0.29) is 29.8 Å². The Bertz CT molecular complexity index is 819. The average molecular weight is 544 g/mol. The minimum atomic E-state index is -0.353. The third-order valence-corrected chi connectivity index (χ3v) is 4.67. The van der Waals surface area contributed by atoms with Crippen molar-refractivity contribution in [3.63, 3.8) is 0 Å². The summed E-state index contributed by atoms with van der Waals surface area (Å²) in [6.07, 6.45) is 3.62. The smallest absolute Gasteiger partial charge is 0.224 e. The molecule has 3 rings (SSSR count). The van der Waals surface area contributed by atoms with Gasteiger partial charge in [-0.3, -0.25) is 4.99 Å². The molecule has 0 saturated carbocycles. The van der Waals surface area contributed by atoms with Crippen molar-refractivity contribution in [2.24, 2.45) is 10.9 Å². The summed E-state index contributed by atoms with van der Waals surface area (Å²) in [5.41, 5.74) is 0.840. The summed E-state index contributed by atoms with van der Waals surface area (Å²) in [5.74, 6) is 1.70. The summed E-state index contributed by atoms with van der Waals surface area (Å²) in [4.78, 5) is 8.50.